The second kappa shape index (κ2) is 6.67. The van der Waals surface area contributed by atoms with Crippen molar-refractivity contribution in [2.75, 3.05) is 11.9 Å². The SMILES string of the molecule is Cc1[nH]ncc1CCCNc1ccc([N+](=O)[O-])cc1C(F)(F)F. The average molecular weight is 328 g/mol. The van der Waals surface area contributed by atoms with Gasteiger partial charge >= 0.3 is 6.18 Å². The Morgan fingerprint density at radius 1 is 1.39 bits per heavy atom. The number of nitrogens with zero attached hydrogens (tertiary/aromatic N) is 2. The van der Waals surface area contributed by atoms with Gasteiger partial charge in [-0.2, -0.15) is 18.3 Å². The second-order valence-corrected chi connectivity index (χ2v) is 5.04. The van der Waals surface area contributed by atoms with Crippen LogP contribution in [0.4, 0.5) is 24.5 Å². The van der Waals surface area contributed by atoms with Crippen LogP contribution in [0.15, 0.2) is 24.4 Å². The Hall–Kier alpha value is -2.58. The Bertz CT molecular complexity index is 698. The lowest BCUT2D eigenvalue weighted by atomic mass is 10.1. The number of hydrogen-bond donors (Lipinski definition) is 2. The molecule has 0 fully saturated rings. The van der Waals surface area contributed by atoms with Gasteiger partial charge in [-0.1, -0.05) is 0 Å². The number of aromatic amines is 1. The van der Waals surface area contributed by atoms with E-state index in [1.54, 1.807) is 6.20 Å². The number of rotatable bonds is 6. The number of nitro groups is 1. The van der Waals surface area contributed by atoms with Gasteiger partial charge in [-0.25, -0.2) is 0 Å². The van der Waals surface area contributed by atoms with E-state index in [-0.39, 0.29) is 5.69 Å². The fraction of sp³-hybridized carbons (Fsp3) is 0.357. The van der Waals surface area contributed by atoms with Crippen molar-refractivity contribution in [2.24, 2.45) is 0 Å². The molecule has 0 spiro atoms. The van der Waals surface area contributed by atoms with E-state index in [1.165, 1.54) is 0 Å². The minimum absolute atomic E-state index is 0.160. The lowest BCUT2D eigenvalue weighted by Crippen LogP contribution is -2.12. The van der Waals surface area contributed by atoms with E-state index >= 15 is 0 Å². The Morgan fingerprint density at radius 3 is 2.70 bits per heavy atom. The first kappa shape index (κ1) is 16.8. The zero-order chi connectivity index (χ0) is 17.0. The van der Waals surface area contributed by atoms with Gasteiger partial charge in [0.1, 0.15) is 0 Å². The normalized spacial score (nSPS) is 11.5. The number of aromatic nitrogens is 2. The topological polar surface area (TPSA) is 83.8 Å². The maximum atomic E-state index is 13.0. The molecule has 0 atom stereocenters. The first-order valence-corrected chi connectivity index (χ1v) is 6.87. The van der Waals surface area contributed by atoms with Crippen molar-refractivity contribution in [2.45, 2.75) is 25.9 Å². The number of nitro benzene ring substituents is 1. The fourth-order valence-electron chi connectivity index (χ4n) is 2.16. The van der Waals surface area contributed by atoms with Crippen molar-refractivity contribution in [1.82, 2.24) is 10.2 Å². The van der Waals surface area contributed by atoms with Gasteiger partial charge < -0.3 is 5.32 Å². The zero-order valence-electron chi connectivity index (χ0n) is 12.3. The predicted molar refractivity (Wildman–Crippen MR) is 78.2 cm³/mol. The van der Waals surface area contributed by atoms with E-state index in [0.29, 0.717) is 25.5 Å². The molecule has 0 radical (unpaired) electrons. The van der Waals surface area contributed by atoms with Crippen molar-refractivity contribution in [3.8, 4) is 0 Å². The molecule has 0 unspecified atom stereocenters. The molecule has 0 aliphatic rings. The third-order valence-corrected chi connectivity index (χ3v) is 3.39. The number of halogens is 3. The van der Waals surface area contributed by atoms with Gasteiger partial charge in [0.25, 0.3) is 5.69 Å². The molecule has 2 N–H and O–H groups in total. The second-order valence-electron chi connectivity index (χ2n) is 5.04. The van der Waals surface area contributed by atoms with Crippen molar-refractivity contribution >= 4 is 11.4 Å². The van der Waals surface area contributed by atoms with E-state index in [9.17, 15) is 23.3 Å². The van der Waals surface area contributed by atoms with Crippen LogP contribution in [-0.2, 0) is 12.6 Å². The third-order valence-electron chi connectivity index (χ3n) is 3.39. The minimum atomic E-state index is -4.66. The van der Waals surface area contributed by atoms with Crippen LogP contribution in [0.2, 0.25) is 0 Å². The van der Waals surface area contributed by atoms with Crippen LogP contribution in [0.25, 0.3) is 0 Å². The number of nitrogens with one attached hydrogen (secondary N) is 2. The average Bonchev–Trinajstić information content (AvgIpc) is 2.88. The van der Waals surface area contributed by atoms with Gasteiger partial charge in [0.05, 0.1) is 16.7 Å². The summed E-state index contributed by atoms with van der Waals surface area (Å²) in [4.78, 5) is 9.78. The molecule has 1 heterocycles. The van der Waals surface area contributed by atoms with Crippen LogP contribution in [0.1, 0.15) is 23.2 Å². The van der Waals surface area contributed by atoms with Crippen LogP contribution >= 0.6 is 0 Å². The first-order valence-electron chi connectivity index (χ1n) is 6.87. The molecule has 9 heteroatoms. The highest BCUT2D eigenvalue weighted by atomic mass is 19.4. The molecule has 0 saturated carbocycles. The summed E-state index contributed by atoms with van der Waals surface area (Å²) in [5, 5.41) is 20.0. The highest BCUT2D eigenvalue weighted by molar-refractivity contribution is 5.57. The molecule has 0 aliphatic heterocycles. The third kappa shape index (κ3) is 4.21. The van der Waals surface area contributed by atoms with Crippen molar-refractivity contribution < 1.29 is 18.1 Å². The van der Waals surface area contributed by atoms with Crippen molar-refractivity contribution in [3.05, 3.63) is 51.3 Å². The summed E-state index contributed by atoms with van der Waals surface area (Å²) in [6.07, 6.45) is -1.70. The van der Waals surface area contributed by atoms with Crippen molar-refractivity contribution in [3.63, 3.8) is 0 Å². The minimum Gasteiger partial charge on any atom is -0.385 e. The molecule has 2 aromatic rings. The monoisotopic (exact) mass is 328 g/mol. The maximum absolute atomic E-state index is 13.0. The van der Waals surface area contributed by atoms with Crippen LogP contribution in [-0.4, -0.2) is 21.7 Å². The van der Waals surface area contributed by atoms with Gasteiger partial charge in [-0.05, 0) is 31.4 Å². The van der Waals surface area contributed by atoms with Crippen molar-refractivity contribution in [1.29, 1.82) is 0 Å². The van der Waals surface area contributed by atoms with Gasteiger partial charge in [0, 0.05) is 30.1 Å². The van der Waals surface area contributed by atoms with E-state index < -0.39 is 22.4 Å². The molecule has 1 aromatic heterocycles. The molecular formula is C14H15F3N4O2. The number of non-ortho nitro benzene ring substituents is 1. The number of aryl methyl sites for hydroxylation is 2. The number of H-pyrrole nitrogens is 1. The lowest BCUT2D eigenvalue weighted by molar-refractivity contribution is -0.385. The van der Waals surface area contributed by atoms with E-state index in [4.69, 9.17) is 0 Å². The molecule has 23 heavy (non-hydrogen) atoms. The summed E-state index contributed by atoms with van der Waals surface area (Å²) >= 11 is 0. The molecular weight excluding hydrogens is 313 g/mol. The summed E-state index contributed by atoms with van der Waals surface area (Å²) in [5.74, 6) is 0. The molecule has 0 saturated heterocycles. The number of benzene rings is 1. The number of alkyl halides is 3. The van der Waals surface area contributed by atoms with Crippen LogP contribution in [0.5, 0.6) is 0 Å². The van der Waals surface area contributed by atoms with Gasteiger partial charge in [-0.15, -0.1) is 0 Å². The maximum Gasteiger partial charge on any atom is 0.418 e. The number of hydrogen-bond acceptors (Lipinski definition) is 4. The molecule has 1 aromatic carbocycles. The summed E-state index contributed by atoms with van der Waals surface area (Å²) in [5.41, 5.74) is 0.151. The fourth-order valence-corrected chi connectivity index (χ4v) is 2.16. The smallest absolute Gasteiger partial charge is 0.385 e. The molecule has 0 bridgehead atoms. The molecule has 0 aliphatic carbocycles. The molecule has 0 amide bonds. The summed E-state index contributed by atoms with van der Waals surface area (Å²) in [7, 11) is 0. The van der Waals surface area contributed by atoms with E-state index in [0.717, 1.165) is 23.4 Å². The van der Waals surface area contributed by atoms with Gasteiger partial charge in [0.15, 0.2) is 0 Å². The largest absolute Gasteiger partial charge is 0.418 e. The van der Waals surface area contributed by atoms with Gasteiger partial charge in [-0.3, -0.25) is 15.2 Å². The molecule has 6 nitrogen and oxygen atoms in total. The highest BCUT2D eigenvalue weighted by Crippen LogP contribution is 2.37. The van der Waals surface area contributed by atoms with E-state index in [2.05, 4.69) is 15.5 Å². The van der Waals surface area contributed by atoms with Gasteiger partial charge in [0.2, 0.25) is 0 Å². The molecule has 2 rings (SSSR count). The Morgan fingerprint density at radius 2 is 2.13 bits per heavy atom. The standard InChI is InChI=1S/C14H15F3N4O2/c1-9-10(8-19-20-9)3-2-6-18-13-5-4-11(21(22)23)7-12(13)14(15,16)17/h4-5,7-8,18H,2-3,6H2,1H3,(H,19,20). The summed E-state index contributed by atoms with van der Waals surface area (Å²) in [6.45, 7) is 2.18. The predicted octanol–water partition coefficient (Wildman–Crippen LogP) is 3.69. The Balaban J connectivity index is 2.04. The zero-order valence-corrected chi connectivity index (χ0v) is 12.3. The van der Waals surface area contributed by atoms with Crippen LogP contribution in [0.3, 0.4) is 0 Å². The lowest BCUT2D eigenvalue weighted by Gasteiger charge is -2.14. The van der Waals surface area contributed by atoms with E-state index in [1.807, 2.05) is 6.92 Å². The summed E-state index contributed by atoms with van der Waals surface area (Å²) in [6, 6.07) is 2.68. The molecule has 124 valence electrons. The Kier molecular flexibility index (Phi) is 4.87. The first-order chi connectivity index (χ1) is 10.8. The number of anilines is 1. The Labute approximate surface area is 129 Å². The summed E-state index contributed by atoms with van der Waals surface area (Å²) < 4.78 is 39.0. The van der Waals surface area contributed by atoms with Crippen LogP contribution < -0.4 is 5.32 Å². The van der Waals surface area contributed by atoms with Crippen LogP contribution in [0, 0.1) is 17.0 Å². The quantitative estimate of drug-likeness (QED) is 0.481. The highest BCUT2D eigenvalue weighted by Gasteiger charge is 2.35.